The van der Waals surface area contributed by atoms with E-state index in [1.165, 1.54) is 7.11 Å². The molecule has 0 spiro atoms. The van der Waals surface area contributed by atoms with Crippen molar-refractivity contribution in [3.8, 4) is 0 Å². The third-order valence-electron chi connectivity index (χ3n) is 4.47. The molecule has 0 heterocycles. The molecule has 0 bridgehead atoms. The summed E-state index contributed by atoms with van der Waals surface area (Å²) in [6.07, 6.45) is 2.61. The molecule has 5 nitrogen and oxygen atoms in total. The maximum Gasteiger partial charge on any atom is 0.411 e. The van der Waals surface area contributed by atoms with E-state index in [-0.39, 0.29) is 12.1 Å². The van der Waals surface area contributed by atoms with Gasteiger partial charge in [-0.25, -0.2) is 9.59 Å². The molecule has 0 aliphatic heterocycles. The van der Waals surface area contributed by atoms with Gasteiger partial charge in [-0.2, -0.15) is 0 Å². The SMILES string of the molecule is CCCCC[C@](OC(=O)N(C(C)C)C(C)C)(C(=O)OC)c1ccccc1. The Balaban J connectivity index is 3.32. The number of ether oxygens (including phenoxy) is 2. The predicted molar refractivity (Wildman–Crippen MR) is 103 cm³/mol. The molecule has 0 saturated heterocycles. The van der Waals surface area contributed by atoms with Crippen LogP contribution in [0.5, 0.6) is 0 Å². The number of carbonyl (C=O) groups is 2. The lowest BCUT2D eigenvalue weighted by atomic mass is 9.88. The van der Waals surface area contributed by atoms with Crippen LogP contribution in [0.1, 0.15) is 65.9 Å². The number of hydrogen-bond acceptors (Lipinski definition) is 4. The summed E-state index contributed by atoms with van der Waals surface area (Å²) >= 11 is 0. The Morgan fingerprint density at radius 3 is 2.08 bits per heavy atom. The Morgan fingerprint density at radius 1 is 1.04 bits per heavy atom. The van der Waals surface area contributed by atoms with Gasteiger partial charge in [-0.15, -0.1) is 0 Å². The molecular weight excluding hydrogens is 330 g/mol. The number of carbonyl (C=O) groups excluding carboxylic acids is 2. The summed E-state index contributed by atoms with van der Waals surface area (Å²) in [4.78, 5) is 27.4. The van der Waals surface area contributed by atoms with E-state index >= 15 is 0 Å². The number of amides is 1. The molecule has 0 aliphatic rings. The fourth-order valence-electron chi connectivity index (χ4n) is 3.23. The third kappa shape index (κ3) is 5.23. The topological polar surface area (TPSA) is 55.8 Å². The molecule has 0 radical (unpaired) electrons. The lowest BCUT2D eigenvalue weighted by Crippen LogP contribution is -2.49. The van der Waals surface area contributed by atoms with E-state index in [4.69, 9.17) is 9.47 Å². The van der Waals surface area contributed by atoms with E-state index in [1.54, 1.807) is 4.90 Å². The van der Waals surface area contributed by atoms with Gasteiger partial charge >= 0.3 is 12.1 Å². The first-order chi connectivity index (χ1) is 12.3. The number of rotatable bonds is 9. The van der Waals surface area contributed by atoms with Gasteiger partial charge in [-0.1, -0.05) is 50.1 Å². The van der Waals surface area contributed by atoms with E-state index in [9.17, 15) is 9.59 Å². The maximum atomic E-state index is 13.0. The largest absolute Gasteiger partial charge is 0.466 e. The van der Waals surface area contributed by atoms with Crippen molar-refractivity contribution in [2.45, 2.75) is 78.0 Å². The number of hydrogen-bond donors (Lipinski definition) is 0. The number of methoxy groups -OCH3 is 1. The Hall–Kier alpha value is -2.04. The average Bonchev–Trinajstić information content (AvgIpc) is 2.60. The van der Waals surface area contributed by atoms with Crippen molar-refractivity contribution >= 4 is 12.1 Å². The lowest BCUT2D eigenvalue weighted by Gasteiger charge is -2.36. The molecule has 0 saturated carbocycles. The summed E-state index contributed by atoms with van der Waals surface area (Å²) in [5.74, 6) is -0.541. The number of benzene rings is 1. The van der Waals surface area contributed by atoms with Gasteiger partial charge in [-0.05, 0) is 34.1 Å². The number of esters is 1. The van der Waals surface area contributed by atoms with Crippen LogP contribution in [0.4, 0.5) is 4.79 Å². The summed E-state index contributed by atoms with van der Waals surface area (Å²) in [7, 11) is 1.33. The molecule has 1 aromatic rings. The monoisotopic (exact) mass is 363 g/mol. The zero-order chi connectivity index (χ0) is 19.7. The molecule has 1 rings (SSSR count). The Kier molecular flexibility index (Phi) is 8.62. The smallest absolute Gasteiger partial charge is 0.411 e. The highest BCUT2D eigenvalue weighted by Gasteiger charge is 2.46. The standard InChI is InChI=1S/C21H33NO4/c1-7-8-12-15-21(19(23)25-6,18-13-10-9-11-14-18)26-20(24)22(16(2)3)17(4)5/h9-11,13-14,16-17H,7-8,12,15H2,1-6H3/t21-/m1/s1. The van der Waals surface area contributed by atoms with Crippen LogP contribution < -0.4 is 0 Å². The highest BCUT2D eigenvalue weighted by Crippen LogP contribution is 2.34. The first-order valence-electron chi connectivity index (χ1n) is 9.45. The van der Waals surface area contributed by atoms with Gasteiger partial charge in [0, 0.05) is 24.1 Å². The summed E-state index contributed by atoms with van der Waals surface area (Å²) < 4.78 is 11.0. The molecule has 0 fully saturated rings. The summed E-state index contributed by atoms with van der Waals surface area (Å²) in [5.41, 5.74) is -0.784. The van der Waals surface area contributed by atoms with Crippen LogP contribution in [-0.4, -0.2) is 36.2 Å². The van der Waals surface area contributed by atoms with E-state index in [0.29, 0.717) is 12.0 Å². The number of nitrogens with zero attached hydrogens (tertiary/aromatic N) is 1. The molecule has 0 aromatic heterocycles. The minimum Gasteiger partial charge on any atom is -0.466 e. The molecular formula is C21H33NO4. The first-order valence-corrected chi connectivity index (χ1v) is 9.45. The quantitative estimate of drug-likeness (QED) is 0.463. The van der Waals surface area contributed by atoms with Crippen LogP contribution in [0.25, 0.3) is 0 Å². The fourth-order valence-corrected chi connectivity index (χ4v) is 3.23. The van der Waals surface area contributed by atoms with E-state index < -0.39 is 17.7 Å². The maximum absolute atomic E-state index is 13.0. The zero-order valence-electron chi connectivity index (χ0n) is 17.0. The van der Waals surface area contributed by atoms with Gasteiger partial charge in [0.2, 0.25) is 5.60 Å². The first kappa shape index (κ1) is 22.0. The van der Waals surface area contributed by atoms with Gasteiger partial charge in [0.05, 0.1) is 7.11 Å². The lowest BCUT2D eigenvalue weighted by molar-refractivity contribution is -0.166. The molecule has 1 amide bonds. The summed E-state index contributed by atoms with van der Waals surface area (Å²) in [5, 5.41) is 0. The Labute approximate surface area is 157 Å². The molecule has 1 aromatic carbocycles. The van der Waals surface area contributed by atoms with Crippen molar-refractivity contribution < 1.29 is 19.1 Å². The van der Waals surface area contributed by atoms with Crippen LogP contribution >= 0.6 is 0 Å². The molecule has 0 N–H and O–H groups in total. The van der Waals surface area contributed by atoms with Crippen molar-refractivity contribution in [2.24, 2.45) is 0 Å². The highest BCUT2D eigenvalue weighted by atomic mass is 16.6. The van der Waals surface area contributed by atoms with Gasteiger partial charge < -0.3 is 14.4 Å². The van der Waals surface area contributed by atoms with E-state index in [0.717, 1.165) is 19.3 Å². The second kappa shape index (κ2) is 10.2. The van der Waals surface area contributed by atoms with Gasteiger partial charge in [0.25, 0.3) is 0 Å². The second-order valence-corrected chi connectivity index (χ2v) is 7.10. The third-order valence-corrected chi connectivity index (χ3v) is 4.47. The molecule has 26 heavy (non-hydrogen) atoms. The van der Waals surface area contributed by atoms with Crippen LogP contribution in [0.2, 0.25) is 0 Å². The second-order valence-electron chi connectivity index (χ2n) is 7.10. The fraction of sp³-hybridized carbons (Fsp3) is 0.619. The Bertz CT molecular complexity index is 563. The van der Waals surface area contributed by atoms with Crippen LogP contribution in [-0.2, 0) is 19.9 Å². The molecule has 1 atom stereocenters. The van der Waals surface area contributed by atoms with Crippen LogP contribution in [0.3, 0.4) is 0 Å². The molecule has 146 valence electrons. The van der Waals surface area contributed by atoms with E-state index in [1.807, 2.05) is 58.0 Å². The van der Waals surface area contributed by atoms with Crippen molar-refractivity contribution in [3.63, 3.8) is 0 Å². The molecule has 0 unspecified atom stereocenters. The van der Waals surface area contributed by atoms with Crippen molar-refractivity contribution in [1.82, 2.24) is 4.90 Å². The number of unbranched alkanes of at least 4 members (excludes halogenated alkanes) is 2. The van der Waals surface area contributed by atoms with Crippen LogP contribution in [0, 0.1) is 0 Å². The summed E-state index contributed by atoms with van der Waals surface area (Å²) in [6, 6.07) is 9.09. The predicted octanol–water partition coefficient (Wildman–Crippen LogP) is 4.89. The van der Waals surface area contributed by atoms with Gasteiger partial charge in [0.15, 0.2) is 0 Å². The van der Waals surface area contributed by atoms with E-state index in [2.05, 4.69) is 6.92 Å². The normalized spacial score (nSPS) is 13.4. The van der Waals surface area contributed by atoms with Gasteiger partial charge in [-0.3, -0.25) is 0 Å². The van der Waals surface area contributed by atoms with Crippen molar-refractivity contribution in [2.75, 3.05) is 7.11 Å². The minimum atomic E-state index is -1.43. The summed E-state index contributed by atoms with van der Waals surface area (Å²) in [6.45, 7) is 9.82. The van der Waals surface area contributed by atoms with Gasteiger partial charge in [0.1, 0.15) is 0 Å². The van der Waals surface area contributed by atoms with Crippen molar-refractivity contribution in [1.29, 1.82) is 0 Å². The zero-order valence-corrected chi connectivity index (χ0v) is 17.0. The van der Waals surface area contributed by atoms with Crippen molar-refractivity contribution in [3.05, 3.63) is 35.9 Å². The Morgan fingerprint density at radius 2 is 1.62 bits per heavy atom. The average molecular weight is 363 g/mol. The highest BCUT2D eigenvalue weighted by molar-refractivity contribution is 5.84. The molecule has 5 heteroatoms. The molecule has 0 aliphatic carbocycles. The van der Waals surface area contributed by atoms with Crippen LogP contribution in [0.15, 0.2) is 30.3 Å². The minimum absolute atomic E-state index is 0.0377.